The third kappa shape index (κ3) is 3.29. The SMILES string of the molecule is CCCNCc1cnc(-n2nc(C)c(CC)c2C)nc1C. The Balaban J connectivity index is 2.28. The molecule has 0 unspecified atom stereocenters. The number of aromatic nitrogens is 4. The van der Waals surface area contributed by atoms with Crippen LogP contribution in [0.4, 0.5) is 0 Å². The third-order valence-corrected chi connectivity index (χ3v) is 3.79. The molecule has 0 aliphatic heterocycles. The number of aryl methyl sites for hydroxylation is 2. The fourth-order valence-corrected chi connectivity index (χ4v) is 2.54. The molecule has 0 radical (unpaired) electrons. The molecule has 0 fully saturated rings. The zero-order valence-corrected chi connectivity index (χ0v) is 13.7. The highest BCUT2D eigenvalue weighted by molar-refractivity contribution is 5.30. The van der Waals surface area contributed by atoms with E-state index in [1.54, 1.807) is 0 Å². The van der Waals surface area contributed by atoms with Crippen LogP contribution in [0.3, 0.4) is 0 Å². The first-order chi connectivity index (χ1) is 10.1. The van der Waals surface area contributed by atoms with E-state index in [1.165, 1.54) is 5.56 Å². The number of hydrogen-bond acceptors (Lipinski definition) is 4. The van der Waals surface area contributed by atoms with Crippen molar-refractivity contribution in [1.29, 1.82) is 0 Å². The van der Waals surface area contributed by atoms with Gasteiger partial charge in [-0.15, -0.1) is 0 Å². The summed E-state index contributed by atoms with van der Waals surface area (Å²) < 4.78 is 1.85. The molecule has 21 heavy (non-hydrogen) atoms. The summed E-state index contributed by atoms with van der Waals surface area (Å²) >= 11 is 0. The Morgan fingerprint density at radius 3 is 2.48 bits per heavy atom. The van der Waals surface area contributed by atoms with Crippen LogP contribution in [0.1, 0.15) is 48.5 Å². The monoisotopic (exact) mass is 287 g/mol. The van der Waals surface area contributed by atoms with Crippen LogP contribution in [0.25, 0.3) is 5.95 Å². The van der Waals surface area contributed by atoms with Crippen molar-refractivity contribution in [2.75, 3.05) is 6.54 Å². The number of nitrogens with one attached hydrogen (secondary N) is 1. The fraction of sp³-hybridized carbons (Fsp3) is 0.562. The molecular weight excluding hydrogens is 262 g/mol. The highest BCUT2D eigenvalue weighted by Crippen LogP contribution is 2.16. The first-order valence-corrected chi connectivity index (χ1v) is 7.67. The Bertz CT molecular complexity index is 615. The first kappa shape index (κ1) is 15.6. The van der Waals surface area contributed by atoms with Crippen LogP contribution in [0.2, 0.25) is 0 Å². The van der Waals surface area contributed by atoms with Crippen LogP contribution in [0, 0.1) is 20.8 Å². The summed E-state index contributed by atoms with van der Waals surface area (Å²) in [5.41, 5.74) is 5.62. The van der Waals surface area contributed by atoms with Gasteiger partial charge < -0.3 is 5.32 Å². The highest BCUT2D eigenvalue weighted by atomic mass is 15.4. The predicted octanol–water partition coefficient (Wildman–Crippen LogP) is 2.65. The summed E-state index contributed by atoms with van der Waals surface area (Å²) in [6, 6.07) is 0. The molecule has 5 nitrogen and oxygen atoms in total. The fourth-order valence-electron chi connectivity index (χ4n) is 2.54. The topological polar surface area (TPSA) is 55.6 Å². The molecule has 2 heterocycles. The Morgan fingerprint density at radius 2 is 1.90 bits per heavy atom. The Hall–Kier alpha value is -1.75. The van der Waals surface area contributed by atoms with E-state index in [0.717, 1.165) is 48.6 Å². The second-order valence-corrected chi connectivity index (χ2v) is 5.37. The van der Waals surface area contributed by atoms with Gasteiger partial charge in [0.1, 0.15) is 0 Å². The van der Waals surface area contributed by atoms with Gasteiger partial charge in [-0.2, -0.15) is 5.10 Å². The van der Waals surface area contributed by atoms with Gasteiger partial charge in [0.25, 0.3) is 5.95 Å². The molecule has 1 N–H and O–H groups in total. The van der Waals surface area contributed by atoms with Gasteiger partial charge in [-0.05, 0) is 45.7 Å². The molecule has 114 valence electrons. The van der Waals surface area contributed by atoms with Crippen LogP contribution < -0.4 is 5.32 Å². The molecule has 0 spiro atoms. The van der Waals surface area contributed by atoms with Crippen LogP contribution >= 0.6 is 0 Å². The second-order valence-electron chi connectivity index (χ2n) is 5.37. The van der Waals surface area contributed by atoms with Gasteiger partial charge >= 0.3 is 0 Å². The van der Waals surface area contributed by atoms with Crippen molar-refractivity contribution < 1.29 is 0 Å². The lowest BCUT2D eigenvalue weighted by molar-refractivity contribution is 0.665. The van der Waals surface area contributed by atoms with E-state index >= 15 is 0 Å². The average molecular weight is 287 g/mol. The predicted molar refractivity (Wildman–Crippen MR) is 84.7 cm³/mol. The minimum absolute atomic E-state index is 0.659. The molecule has 0 aliphatic carbocycles. The second kappa shape index (κ2) is 6.80. The molecule has 0 saturated carbocycles. The zero-order chi connectivity index (χ0) is 15.4. The van der Waals surface area contributed by atoms with E-state index in [1.807, 2.05) is 24.7 Å². The Morgan fingerprint density at radius 1 is 1.14 bits per heavy atom. The maximum Gasteiger partial charge on any atom is 0.250 e. The van der Waals surface area contributed by atoms with Gasteiger partial charge in [0, 0.05) is 29.7 Å². The lowest BCUT2D eigenvalue weighted by Gasteiger charge is -2.09. The van der Waals surface area contributed by atoms with E-state index < -0.39 is 0 Å². The molecule has 0 aromatic carbocycles. The van der Waals surface area contributed by atoms with Crippen molar-refractivity contribution in [2.45, 2.75) is 54.0 Å². The minimum Gasteiger partial charge on any atom is -0.313 e. The summed E-state index contributed by atoms with van der Waals surface area (Å²) in [5, 5.41) is 7.96. The summed E-state index contributed by atoms with van der Waals surface area (Å²) in [6.45, 7) is 12.3. The van der Waals surface area contributed by atoms with Crippen molar-refractivity contribution in [3.8, 4) is 5.95 Å². The molecule has 2 aromatic heterocycles. The van der Waals surface area contributed by atoms with Crippen LogP contribution in [0.15, 0.2) is 6.20 Å². The quantitative estimate of drug-likeness (QED) is 0.830. The molecule has 0 atom stereocenters. The maximum atomic E-state index is 4.62. The van der Waals surface area contributed by atoms with Crippen molar-refractivity contribution in [2.24, 2.45) is 0 Å². The molecular formula is C16H25N5. The number of nitrogens with zero attached hydrogens (tertiary/aromatic N) is 4. The minimum atomic E-state index is 0.659. The Labute approximate surface area is 126 Å². The van der Waals surface area contributed by atoms with Gasteiger partial charge in [-0.1, -0.05) is 13.8 Å². The van der Waals surface area contributed by atoms with Gasteiger partial charge in [0.15, 0.2) is 0 Å². The zero-order valence-electron chi connectivity index (χ0n) is 13.7. The Kier molecular flexibility index (Phi) is 5.07. The molecule has 0 bridgehead atoms. The molecule has 0 aliphatic rings. The summed E-state index contributed by atoms with van der Waals surface area (Å²) in [7, 11) is 0. The summed E-state index contributed by atoms with van der Waals surface area (Å²) in [5.74, 6) is 0.659. The van der Waals surface area contributed by atoms with E-state index in [9.17, 15) is 0 Å². The maximum absolute atomic E-state index is 4.62. The largest absolute Gasteiger partial charge is 0.313 e. The van der Waals surface area contributed by atoms with E-state index in [4.69, 9.17) is 0 Å². The van der Waals surface area contributed by atoms with Crippen LogP contribution in [-0.4, -0.2) is 26.3 Å². The molecule has 2 rings (SSSR count). The molecule has 0 saturated heterocycles. The molecule has 2 aromatic rings. The highest BCUT2D eigenvalue weighted by Gasteiger charge is 2.13. The first-order valence-electron chi connectivity index (χ1n) is 7.67. The van der Waals surface area contributed by atoms with Gasteiger partial charge in [0.2, 0.25) is 0 Å². The molecule has 5 heteroatoms. The van der Waals surface area contributed by atoms with Crippen molar-refractivity contribution in [3.05, 3.63) is 34.4 Å². The van der Waals surface area contributed by atoms with Crippen molar-refractivity contribution in [3.63, 3.8) is 0 Å². The lowest BCUT2D eigenvalue weighted by Crippen LogP contribution is -2.16. The number of hydrogen-bond donors (Lipinski definition) is 1. The third-order valence-electron chi connectivity index (χ3n) is 3.79. The standard InChI is InChI=1S/C16H25N5/c1-6-8-17-9-14-10-18-16(19-11(14)3)21-13(5)15(7-2)12(4)20-21/h10,17H,6-9H2,1-5H3. The lowest BCUT2D eigenvalue weighted by atomic mass is 10.1. The van der Waals surface area contributed by atoms with Gasteiger partial charge in [-0.25, -0.2) is 14.6 Å². The summed E-state index contributed by atoms with van der Waals surface area (Å²) in [6.07, 6.45) is 4.02. The normalized spacial score (nSPS) is 11.1. The van der Waals surface area contributed by atoms with Gasteiger partial charge in [0.05, 0.1) is 5.69 Å². The van der Waals surface area contributed by atoms with Crippen molar-refractivity contribution >= 4 is 0 Å². The average Bonchev–Trinajstić information content (AvgIpc) is 2.75. The van der Waals surface area contributed by atoms with Crippen LogP contribution in [-0.2, 0) is 13.0 Å². The van der Waals surface area contributed by atoms with E-state index in [2.05, 4.69) is 41.2 Å². The smallest absolute Gasteiger partial charge is 0.250 e. The van der Waals surface area contributed by atoms with Crippen LogP contribution in [0.5, 0.6) is 0 Å². The van der Waals surface area contributed by atoms with E-state index in [-0.39, 0.29) is 0 Å². The summed E-state index contributed by atoms with van der Waals surface area (Å²) in [4.78, 5) is 9.11. The van der Waals surface area contributed by atoms with Gasteiger partial charge in [-0.3, -0.25) is 0 Å². The molecule has 0 amide bonds. The number of rotatable bonds is 6. The van der Waals surface area contributed by atoms with E-state index in [0.29, 0.717) is 5.95 Å². The van der Waals surface area contributed by atoms with Crippen molar-refractivity contribution in [1.82, 2.24) is 25.1 Å².